The number of thiophene rings is 1. The predicted octanol–water partition coefficient (Wildman–Crippen LogP) is 2.47. The van der Waals surface area contributed by atoms with Crippen LogP contribution in [0.3, 0.4) is 0 Å². The van der Waals surface area contributed by atoms with Crippen molar-refractivity contribution in [2.24, 2.45) is 5.73 Å². The highest BCUT2D eigenvalue weighted by Crippen LogP contribution is 2.25. The smallest absolute Gasteiger partial charge is 0.251 e. The number of carbonyl (C=O) groups is 2. The minimum Gasteiger partial charge on any atom is -0.399 e. The average molecular weight is 321 g/mol. The lowest BCUT2D eigenvalue weighted by Crippen LogP contribution is -2.17. The second-order valence-corrected chi connectivity index (χ2v) is 6.35. The van der Waals surface area contributed by atoms with Gasteiger partial charge in [-0.05, 0) is 42.1 Å². The summed E-state index contributed by atoms with van der Waals surface area (Å²) in [5.41, 5.74) is 13.0. The number of nitrogens with two attached hydrogens (primary N) is 2. The Morgan fingerprint density at radius 3 is 2.76 bits per heavy atom. The molecule has 0 saturated heterocycles. The molecule has 21 heavy (non-hydrogen) atoms. The van der Waals surface area contributed by atoms with E-state index >= 15 is 0 Å². The molecular weight excluding hydrogens is 306 g/mol. The molecule has 2 amide bonds. The Balaban J connectivity index is 1.94. The van der Waals surface area contributed by atoms with Gasteiger partial charge < -0.3 is 16.8 Å². The van der Waals surface area contributed by atoms with E-state index in [1.54, 1.807) is 11.4 Å². The van der Waals surface area contributed by atoms with Gasteiger partial charge in [0, 0.05) is 10.6 Å². The number of nitrogen functional groups attached to an aromatic ring is 1. The Morgan fingerprint density at radius 2 is 2.10 bits per heavy atom. The molecule has 0 aliphatic carbocycles. The van der Waals surface area contributed by atoms with E-state index in [1.165, 1.54) is 23.1 Å². The van der Waals surface area contributed by atoms with Gasteiger partial charge in [0.15, 0.2) is 0 Å². The first-order valence-corrected chi connectivity index (χ1v) is 8.00. The van der Waals surface area contributed by atoms with Crippen molar-refractivity contribution in [1.29, 1.82) is 0 Å². The topological polar surface area (TPSA) is 98.2 Å². The fourth-order valence-electron chi connectivity index (χ4n) is 1.65. The van der Waals surface area contributed by atoms with Gasteiger partial charge in [0.1, 0.15) is 5.00 Å². The molecule has 5 nitrogen and oxygen atoms in total. The number of thioether (sulfide) groups is 1. The number of anilines is 2. The molecule has 1 aromatic heterocycles. The summed E-state index contributed by atoms with van der Waals surface area (Å²) in [5, 5.41) is 4.90. The first-order chi connectivity index (χ1) is 9.97. The van der Waals surface area contributed by atoms with Crippen LogP contribution in [0.25, 0.3) is 0 Å². The first kappa shape index (κ1) is 15.4. The van der Waals surface area contributed by atoms with Gasteiger partial charge in [0.25, 0.3) is 5.91 Å². The van der Waals surface area contributed by atoms with E-state index < -0.39 is 5.91 Å². The minimum absolute atomic E-state index is 0.181. The lowest BCUT2D eigenvalue weighted by molar-refractivity contribution is -0.113. The molecule has 0 saturated carbocycles. The van der Waals surface area contributed by atoms with Gasteiger partial charge in [-0.25, -0.2) is 0 Å². The fraction of sp³-hybridized carbons (Fsp3) is 0.143. The second kappa shape index (κ2) is 6.64. The highest BCUT2D eigenvalue weighted by atomic mass is 32.2. The molecule has 5 N–H and O–H groups in total. The summed E-state index contributed by atoms with van der Waals surface area (Å²) in [7, 11) is 0. The normalized spacial score (nSPS) is 10.3. The maximum absolute atomic E-state index is 11.9. The number of amides is 2. The predicted molar refractivity (Wildman–Crippen MR) is 87.8 cm³/mol. The molecule has 0 atom stereocenters. The molecule has 110 valence electrons. The van der Waals surface area contributed by atoms with Crippen molar-refractivity contribution in [1.82, 2.24) is 0 Å². The van der Waals surface area contributed by atoms with Gasteiger partial charge in [0.05, 0.1) is 11.3 Å². The van der Waals surface area contributed by atoms with Crippen molar-refractivity contribution in [3.8, 4) is 0 Å². The molecule has 7 heteroatoms. The van der Waals surface area contributed by atoms with Crippen LogP contribution >= 0.6 is 23.1 Å². The first-order valence-electron chi connectivity index (χ1n) is 6.13. The van der Waals surface area contributed by atoms with E-state index in [0.717, 1.165) is 16.1 Å². The fourth-order valence-corrected chi connectivity index (χ4v) is 3.25. The molecule has 0 aliphatic heterocycles. The van der Waals surface area contributed by atoms with Crippen molar-refractivity contribution in [3.05, 3.63) is 40.8 Å². The quantitative estimate of drug-likeness (QED) is 0.582. The van der Waals surface area contributed by atoms with Crippen molar-refractivity contribution < 1.29 is 9.59 Å². The molecule has 0 fully saturated rings. The largest absolute Gasteiger partial charge is 0.399 e. The van der Waals surface area contributed by atoms with Crippen LogP contribution < -0.4 is 16.8 Å². The number of hydrogen-bond donors (Lipinski definition) is 3. The monoisotopic (exact) mass is 321 g/mol. The molecule has 2 rings (SSSR count). The zero-order valence-electron chi connectivity index (χ0n) is 11.4. The standard InChI is InChI=1S/C14H15N3O2S2/c1-8-6-9(2-3-11(8)15)21-7-12(18)17-14-10(13(16)19)4-5-20-14/h2-6H,7,15H2,1H3,(H2,16,19)(H,17,18). The number of carbonyl (C=O) groups excluding carboxylic acids is 2. The number of nitrogens with one attached hydrogen (secondary N) is 1. The van der Waals surface area contributed by atoms with Crippen LogP contribution in [-0.4, -0.2) is 17.6 Å². The van der Waals surface area contributed by atoms with Gasteiger partial charge in [0.2, 0.25) is 5.91 Å². The van der Waals surface area contributed by atoms with Gasteiger partial charge in [-0.3, -0.25) is 9.59 Å². The Hall–Kier alpha value is -1.99. The van der Waals surface area contributed by atoms with Crippen LogP contribution in [0.4, 0.5) is 10.7 Å². The summed E-state index contributed by atoms with van der Waals surface area (Å²) in [5.74, 6) is -0.479. The van der Waals surface area contributed by atoms with Crippen molar-refractivity contribution in [2.45, 2.75) is 11.8 Å². The van der Waals surface area contributed by atoms with Crippen LogP contribution in [-0.2, 0) is 4.79 Å². The van der Waals surface area contributed by atoms with Gasteiger partial charge in [-0.1, -0.05) is 0 Å². The zero-order chi connectivity index (χ0) is 15.4. The number of rotatable bonds is 5. The number of primary amides is 1. The van der Waals surface area contributed by atoms with Crippen LogP contribution in [0.5, 0.6) is 0 Å². The summed E-state index contributed by atoms with van der Waals surface area (Å²) in [6, 6.07) is 7.23. The maximum atomic E-state index is 11.9. The van der Waals surface area contributed by atoms with Crippen molar-refractivity contribution in [3.63, 3.8) is 0 Å². The third-order valence-electron chi connectivity index (χ3n) is 2.79. The highest BCUT2D eigenvalue weighted by Gasteiger charge is 2.12. The Labute approximate surface area is 130 Å². The third kappa shape index (κ3) is 3.99. The van der Waals surface area contributed by atoms with Gasteiger partial charge >= 0.3 is 0 Å². The molecular formula is C14H15N3O2S2. The van der Waals surface area contributed by atoms with E-state index in [1.807, 2.05) is 25.1 Å². The summed E-state index contributed by atoms with van der Waals surface area (Å²) in [4.78, 5) is 24.1. The molecule has 1 aromatic carbocycles. The van der Waals surface area contributed by atoms with E-state index in [4.69, 9.17) is 11.5 Å². The summed E-state index contributed by atoms with van der Waals surface area (Å²) in [6.45, 7) is 1.92. The van der Waals surface area contributed by atoms with Crippen LogP contribution in [0.2, 0.25) is 0 Å². The molecule has 2 aromatic rings. The number of aryl methyl sites for hydroxylation is 1. The Morgan fingerprint density at radius 1 is 1.33 bits per heavy atom. The van der Waals surface area contributed by atoms with Crippen LogP contribution in [0, 0.1) is 6.92 Å². The van der Waals surface area contributed by atoms with Gasteiger partial charge in [-0.2, -0.15) is 0 Å². The van der Waals surface area contributed by atoms with E-state index in [2.05, 4.69) is 5.32 Å². The van der Waals surface area contributed by atoms with Crippen LogP contribution in [0.15, 0.2) is 34.5 Å². The maximum Gasteiger partial charge on any atom is 0.251 e. The Kier molecular flexibility index (Phi) is 4.87. The molecule has 0 bridgehead atoms. The van der Waals surface area contributed by atoms with Crippen LogP contribution in [0.1, 0.15) is 15.9 Å². The number of benzene rings is 1. The highest BCUT2D eigenvalue weighted by molar-refractivity contribution is 8.00. The minimum atomic E-state index is -0.548. The summed E-state index contributed by atoms with van der Waals surface area (Å²) >= 11 is 2.68. The molecule has 0 spiro atoms. The average Bonchev–Trinajstić information content (AvgIpc) is 2.88. The lowest BCUT2D eigenvalue weighted by Gasteiger charge is -2.06. The van der Waals surface area contributed by atoms with Crippen molar-refractivity contribution in [2.75, 3.05) is 16.8 Å². The van der Waals surface area contributed by atoms with E-state index in [-0.39, 0.29) is 11.7 Å². The molecule has 0 radical (unpaired) electrons. The van der Waals surface area contributed by atoms with E-state index in [9.17, 15) is 9.59 Å². The second-order valence-electron chi connectivity index (χ2n) is 4.38. The Bertz CT molecular complexity index is 683. The molecule has 1 heterocycles. The zero-order valence-corrected chi connectivity index (χ0v) is 13.0. The van der Waals surface area contributed by atoms with Crippen molar-refractivity contribution >= 4 is 45.6 Å². The summed E-state index contributed by atoms with van der Waals surface area (Å²) < 4.78 is 0. The van der Waals surface area contributed by atoms with E-state index in [0.29, 0.717) is 10.6 Å². The molecule has 0 aliphatic rings. The third-order valence-corrected chi connectivity index (χ3v) is 4.62. The van der Waals surface area contributed by atoms with Gasteiger partial charge in [-0.15, -0.1) is 23.1 Å². The number of hydrogen-bond acceptors (Lipinski definition) is 5. The SMILES string of the molecule is Cc1cc(SCC(=O)Nc2sccc2C(N)=O)ccc1N. The summed E-state index contributed by atoms with van der Waals surface area (Å²) in [6.07, 6.45) is 0. The lowest BCUT2D eigenvalue weighted by atomic mass is 10.2. The molecule has 0 unspecified atom stereocenters.